The second-order valence-corrected chi connectivity index (χ2v) is 5.19. The second-order valence-electron chi connectivity index (χ2n) is 5.19. The van der Waals surface area contributed by atoms with Crippen molar-refractivity contribution in [3.8, 4) is 0 Å². The number of fused-ring (bicyclic) bond motifs is 1. The largest absolute Gasteiger partial charge is 0.328 e. The molecular formula is C13H18N4O. The van der Waals surface area contributed by atoms with E-state index in [0.29, 0.717) is 6.04 Å². The number of H-pyrrole nitrogens is 2. The fourth-order valence-corrected chi connectivity index (χ4v) is 2.56. The van der Waals surface area contributed by atoms with Gasteiger partial charge in [0.25, 0.3) is 0 Å². The molecule has 1 fully saturated rings. The standard InChI is InChI=1S/C13H18N4O/c14-10-3-9(4-10)7-15-6-8-1-2-11-12(5-8)17-13(18)16-11/h1-2,5,9-10,15H,3-4,6-7,14H2,(H2,16,17,18). The summed E-state index contributed by atoms with van der Waals surface area (Å²) in [6, 6.07) is 6.39. The Balaban J connectivity index is 1.58. The SMILES string of the molecule is NC1CC(CNCc2ccc3[nH]c(=O)[nH]c3c2)C1. The van der Waals surface area contributed by atoms with Crippen LogP contribution in [0.5, 0.6) is 0 Å². The normalized spacial score (nSPS) is 23.2. The van der Waals surface area contributed by atoms with Crippen molar-refractivity contribution in [3.05, 3.63) is 34.2 Å². The van der Waals surface area contributed by atoms with Crippen molar-refractivity contribution in [2.45, 2.75) is 25.4 Å². The Bertz CT molecular complexity index is 594. The third-order valence-corrected chi connectivity index (χ3v) is 3.61. The Labute approximate surface area is 105 Å². The average molecular weight is 246 g/mol. The molecule has 1 aromatic heterocycles. The Morgan fingerprint density at radius 1 is 1.28 bits per heavy atom. The van der Waals surface area contributed by atoms with E-state index in [0.717, 1.165) is 42.9 Å². The maximum Gasteiger partial charge on any atom is 0.323 e. The lowest BCUT2D eigenvalue weighted by atomic mass is 9.81. The van der Waals surface area contributed by atoms with E-state index in [1.165, 1.54) is 5.56 Å². The van der Waals surface area contributed by atoms with Gasteiger partial charge in [0.2, 0.25) is 0 Å². The summed E-state index contributed by atoms with van der Waals surface area (Å²) < 4.78 is 0. The highest BCUT2D eigenvalue weighted by Crippen LogP contribution is 2.24. The quantitative estimate of drug-likeness (QED) is 0.640. The smallest absolute Gasteiger partial charge is 0.323 e. The number of rotatable bonds is 4. The van der Waals surface area contributed by atoms with Crippen LogP contribution in [-0.2, 0) is 6.54 Å². The van der Waals surface area contributed by atoms with Gasteiger partial charge in [-0.3, -0.25) is 0 Å². The topological polar surface area (TPSA) is 86.7 Å². The lowest BCUT2D eigenvalue weighted by molar-refractivity contribution is 0.256. The number of nitrogens with two attached hydrogens (primary N) is 1. The van der Waals surface area contributed by atoms with Crippen molar-refractivity contribution < 1.29 is 0 Å². The molecule has 5 N–H and O–H groups in total. The molecule has 18 heavy (non-hydrogen) atoms. The van der Waals surface area contributed by atoms with Crippen LogP contribution in [0.25, 0.3) is 11.0 Å². The molecule has 1 aromatic carbocycles. The lowest BCUT2D eigenvalue weighted by Crippen LogP contribution is -2.41. The first kappa shape index (κ1) is 11.5. The van der Waals surface area contributed by atoms with Crippen molar-refractivity contribution in [3.63, 3.8) is 0 Å². The second kappa shape index (κ2) is 4.59. The van der Waals surface area contributed by atoms with Gasteiger partial charge in [0.05, 0.1) is 11.0 Å². The zero-order valence-corrected chi connectivity index (χ0v) is 10.2. The Morgan fingerprint density at radius 3 is 2.83 bits per heavy atom. The van der Waals surface area contributed by atoms with Gasteiger partial charge in [0, 0.05) is 12.6 Å². The summed E-state index contributed by atoms with van der Waals surface area (Å²) in [6.07, 6.45) is 2.27. The number of benzene rings is 1. The zero-order chi connectivity index (χ0) is 12.5. The first-order chi connectivity index (χ1) is 8.70. The van der Waals surface area contributed by atoms with E-state index in [1.807, 2.05) is 18.2 Å². The predicted octanol–water partition coefficient (Wildman–Crippen LogP) is 0.683. The highest BCUT2D eigenvalue weighted by molar-refractivity contribution is 5.74. The summed E-state index contributed by atoms with van der Waals surface area (Å²) in [5.74, 6) is 0.732. The highest BCUT2D eigenvalue weighted by Gasteiger charge is 2.24. The minimum atomic E-state index is -0.154. The van der Waals surface area contributed by atoms with E-state index < -0.39 is 0 Å². The van der Waals surface area contributed by atoms with Crippen LogP contribution in [0.15, 0.2) is 23.0 Å². The van der Waals surface area contributed by atoms with Gasteiger partial charge in [-0.2, -0.15) is 0 Å². The van der Waals surface area contributed by atoms with Gasteiger partial charge in [-0.25, -0.2) is 4.79 Å². The molecule has 5 nitrogen and oxygen atoms in total. The highest BCUT2D eigenvalue weighted by atomic mass is 16.1. The van der Waals surface area contributed by atoms with Crippen LogP contribution in [0, 0.1) is 5.92 Å². The molecule has 5 heteroatoms. The molecule has 1 aliphatic rings. The molecule has 2 aromatic rings. The molecule has 0 radical (unpaired) electrons. The van der Waals surface area contributed by atoms with Gasteiger partial charge in [0.1, 0.15) is 0 Å². The van der Waals surface area contributed by atoms with Gasteiger partial charge >= 0.3 is 5.69 Å². The Morgan fingerprint density at radius 2 is 2.06 bits per heavy atom. The molecule has 1 heterocycles. The summed E-state index contributed by atoms with van der Waals surface area (Å²) in [5, 5.41) is 3.44. The van der Waals surface area contributed by atoms with Gasteiger partial charge < -0.3 is 21.0 Å². The minimum absolute atomic E-state index is 0.154. The molecule has 0 spiro atoms. The van der Waals surface area contributed by atoms with Crippen LogP contribution < -0.4 is 16.7 Å². The molecule has 1 saturated carbocycles. The summed E-state index contributed by atoms with van der Waals surface area (Å²) in [6.45, 7) is 1.85. The number of aromatic nitrogens is 2. The van der Waals surface area contributed by atoms with Crippen LogP contribution in [0.2, 0.25) is 0 Å². The predicted molar refractivity (Wildman–Crippen MR) is 71.3 cm³/mol. The number of nitrogens with one attached hydrogen (secondary N) is 3. The maximum atomic E-state index is 11.1. The van der Waals surface area contributed by atoms with Crippen molar-refractivity contribution in [2.24, 2.45) is 11.7 Å². The molecule has 0 aliphatic heterocycles. The molecule has 1 aliphatic carbocycles. The van der Waals surface area contributed by atoms with Gasteiger partial charge in [0.15, 0.2) is 0 Å². The number of imidazole rings is 1. The number of hydrogen-bond donors (Lipinski definition) is 4. The molecule has 96 valence electrons. The van der Waals surface area contributed by atoms with Gasteiger partial charge in [-0.1, -0.05) is 6.07 Å². The Hall–Kier alpha value is -1.59. The van der Waals surface area contributed by atoms with E-state index in [1.54, 1.807) is 0 Å². The zero-order valence-electron chi connectivity index (χ0n) is 10.2. The molecule has 0 atom stereocenters. The van der Waals surface area contributed by atoms with E-state index in [2.05, 4.69) is 15.3 Å². The van der Waals surface area contributed by atoms with Crippen LogP contribution in [0.1, 0.15) is 18.4 Å². The number of aromatic amines is 2. The average Bonchev–Trinajstić information content (AvgIpc) is 2.66. The van der Waals surface area contributed by atoms with E-state index in [-0.39, 0.29) is 5.69 Å². The van der Waals surface area contributed by atoms with Crippen LogP contribution in [0.4, 0.5) is 0 Å². The summed E-state index contributed by atoms with van der Waals surface area (Å²) in [5.41, 5.74) is 8.50. The van der Waals surface area contributed by atoms with E-state index in [9.17, 15) is 4.79 Å². The molecule has 0 bridgehead atoms. The number of hydrogen-bond acceptors (Lipinski definition) is 3. The first-order valence-electron chi connectivity index (χ1n) is 6.38. The van der Waals surface area contributed by atoms with Crippen LogP contribution in [0.3, 0.4) is 0 Å². The third-order valence-electron chi connectivity index (χ3n) is 3.61. The summed E-state index contributed by atoms with van der Waals surface area (Å²) >= 11 is 0. The van der Waals surface area contributed by atoms with Crippen molar-refractivity contribution in [1.82, 2.24) is 15.3 Å². The fourth-order valence-electron chi connectivity index (χ4n) is 2.56. The van der Waals surface area contributed by atoms with Crippen molar-refractivity contribution in [2.75, 3.05) is 6.54 Å². The molecule has 3 rings (SSSR count). The fraction of sp³-hybridized carbons (Fsp3) is 0.462. The molecule has 0 unspecified atom stereocenters. The summed E-state index contributed by atoms with van der Waals surface area (Å²) in [4.78, 5) is 16.7. The Kier molecular flexibility index (Phi) is 2.93. The minimum Gasteiger partial charge on any atom is -0.328 e. The monoisotopic (exact) mass is 246 g/mol. The molecular weight excluding hydrogens is 228 g/mol. The van der Waals surface area contributed by atoms with Crippen LogP contribution >= 0.6 is 0 Å². The summed E-state index contributed by atoms with van der Waals surface area (Å²) in [7, 11) is 0. The molecule has 0 saturated heterocycles. The van der Waals surface area contributed by atoms with Crippen LogP contribution in [-0.4, -0.2) is 22.6 Å². The lowest BCUT2D eigenvalue weighted by Gasteiger charge is -2.32. The van der Waals surface area contributed by atoms with Crippen molar-refractivity contribution >= 4 is 11.0 Å². The van der Waals surface area contributed by atoms with E-state index in [4.69, 9.17) is 5.73 Å². The first-order valence-corrected chi connectivity index (χ1v) is 6.38. The van der Waals surface area contributed by atoms with Gasteiger partial charge in [-0.15, -0.1) is 0 Å². The van der Waals surface area contributed by atoms with Crippen molar-refractivity contribution in [1.29, 1.82) is 0 Å². The third kappa shape index (κ3) is 2.32. The van der Waals surface area contributed by atoms with E-state index >= 15 is 0 Å². The van der Waals surface area contributed by atoms with Gasteiger partial charge in [-0.05, 0) is 43.0 Å². The molecule has 0 amide bonds. The maximum absolute atomic E-state index is 11.1.